The summed E-state index contributed by atoms with van der Waals surface area (Å²) in [5.41, 5.74) is 1.44. The van der Waals surface area contributed by atoms with Gasteiger partial charge in [0.05, 0.1) is 19.8 Å². The summed E-state index contributed by atoms with van der Waals surface area (Å²) in [6.07, 6.45) is 2.23. The number of rotatable bonds is 7. The maximum Gasteiger partial charge on any atom is 0.316 e. The smallest absolute Gasteiger partial charge is 0.316 e. The van der Waals surface area contributed by atoms with Gasteiger partial charge in [0.25, 0.3) is 0 Å². The molecule has 0 spiro atoms. The van der Waals surface area contributed by atoms with Crippen molar-refractivity contribution in [2.75, 3.05) is 14.2 Å². The van der Waals surface area contributed by atoms with E-state index in [0.717, 1.165) is 18.4 Å². The molecule has 0 bridgehead atoms. The summed E-state index contributed by atoms with van der Waals surface area (Å²) in [6, 6.07) is 5.34. The Morgan fingerprint density at radius 2 is 1.95 bits per heavy atom. The Labute approximate surface area is 120 Å². The van der Waals surface area contributed by atoms with Gasteiger partial charge in [0.15, 0.2) is 5.78 Å². The molecule has 0 aliphatic carbocycles. The molecule has 4 heteroatoms. The molecule has 0 saturated carbocycles. The Morgan fingerprint density at radius 3 is 2.50 bits per heavy atom. The van der Waals surface area contributed by atoms with Gasteiger partial charge in [-0.2, -0.15) is 0 Å². The van der Waals surface area contributed by atoms with Gasteiger partial charge in [-0.05, 0) is 31.0 Å². The first-order chi connectivity index (χ1) is 9.54. The van der Waals surface area contributed by atoms with Gasteiger partial charge in [0.2, 0.25) is 0 Å². The highest BCUT2D eigenvalue weighted by Crippen LogP contribution is 2.25. The summed E-state index contributed by atoms with van der Waals surface area (Å²) in [7, 11) is 2.83. The monoisotopic (exact) mass is 278 g/mol. The number of carbonyl (C=O) groups excluding carboxylic acids is 2. The van der Waals surface area contributed by atoms with E-state index in [0.29, 0.717) is 17.7 Å². The molecule has 0 aliphatic heterocycles. The lowest BCUT2D eigenvalue weighted by Crippen LogP contribution is -2.26. The normalized spacial score (nSPS) is 11.8. The molecule has 1 aromatic carbocycles. The van der Waals surface area contributed by atoms with Gasteiger partial charge in [-0.1, -0.05) is 25.8 Å². The highest BCUT2D eigenvalue weighted by molar-refractivity contribution is 6.10. The zero-order valence-electron chi connectivity index (χ0n) is 12.6. The lowest BCUT2D eigenvalue weighted by Gasteiger charge is -2.15. The van der Waals surface area contributed by atoms with Gasteiger partial charge in [-0.15, -0.1) is 0 Å². The molecule has 0 saturated heterocycles. The second-order valence-electron chi connectivity index (χ2n) is 4.79. The quantitative estimate of drug-likeness (QED) is 0.437. The average molecular weight is 278 g/mol. The molecule has 0 heterocycles. The first kappa shape index (κ1) is 16.2. The number of aryl methyl sites for hydroxylation is 1. The van der Waals surface area contributed by atoms with E-state index in [-0.39, 0.29) is 5.78 Å². The first-order valence-corrected chi connectivity index (χ1v) is 6.81. The summed E-state index contributed by atoms with van der Waals surface area (Å²) in [4.78, 5) is 24.4. The van der Waals surface area contributed by atoms with Crippen LogP contribution in [0.5, 0.6) is 5.75 Å². The fraction of sp³-hybridized carbons (Fsp3) is 0.500. The van der Waals surface area contributed by atoms with Crippen molar-refractivity contribution in [1.29, 1.82) is 0 Å². The number of benzene rings is 1. The molecule has 20 heavy (non-hydrogen) atoms. The summed E-state index contributed by atoms with van der Waals surface area (Å²) < 4.78 is 9.99. The van der Waals surface area contributed by atoms with Gasteiger partial charge in [0.1, 0.15) is 11.7 Å². The highest BCUT2D eigenvalue weighted by Gasteiger charge is 2.29. The van der Waals surface area contributed by atoms with Crippen molar-refractivity contribution in [3.8, 4) is 5.75 Å². The number of unbranched alkanes of at least 4 members (excludes halogenated alkanes) is 1. The molecule has 1 aromatic rings. The van der Waals surface area contributed by atoms with Crippen molar-refractivity contribution in [2.45, 2.75) is 33.1 Å². The van der Waals surface area contributed by atoms with E-state index in [1.807, 2.05) is 19.9 Å². The SMILES string of the molecule is CCCCC(C(=O)OC)C(=O)c1ccc(C)cc1OC. The van der Waals surface area contributed by atoms with Gasteiger partial charge in [-0.25, -0.2) is 0 Å². The first-order valence-electron chi connectivity index (χ1n) is 6.81. The van der Waals surface area contributed by atoms with Crippen LogP contribution in [0.3, 0.4) is 0 Å². The lowest BCUT2D eigenvalue weighted by molar-refractivity contribution is -0.143. The molecule has 1 rings (SSSR count). The van der Waals surface area contributed by atoms with Gasteiger partial charge >= 0.3 is 5.97 Å². The minimum Gasteiger partial charge on any atom is -0.496 e. The molecule has 0 aliphatic rings. The van der Waals surface area contributed by atoms with Crippen LogP contribution in [0, 0.1) is 12.8 Å². The fourth-order valence-electron chi connectivity index (χ4n) is 2.10. The fourth-order valence-corrected chi connectivity index (χ4v) is 2.10. The van der Waals surface area contributed by atoms with E-state index in [1.54, 1.807) is 12.1 Å². The van der Waals surface area contributed by atoms with Crippen LogP contribution >= 0.6 is 0 Å². The zero-order valence-corrected chi connectivity index (χ0v) is 12.6. The van der Waals surface area contributed by atoms with Crippen molar-refractivity contribution in [1.82, 2.24) is 0 Å². The summed E-state index contributed by atoms with van der Waals surface area (Å²) in [6.45, 7) is 3.94. The summed E-state index contributed by atoms with van der Waals surface area (Å²) in [5, 5.41) is 0. The highest BCUT2D eigenvalue weighted by atomic mass is 16.5. The van der Waals surface area contributed by atoms with Crippen LogP contribution < -0.4 is 4.74 Å². The average Bonchev–Trinajstić information content (AvgIpc) is 2.46. The van der Waals surface area contributed by atoms with Crippen LogP contribution in [0.15, 0.2) is 18.2 Å². The van der Waals surface area contributed by atoms with Gasteiger partial charge in [0, 0.05) is 0 Å². The van der Waals surface area contributed by atoms with E-state index in [4.69, 9.17) is 9.47 Å². The van der Waals surface area contributed by atoms with Crippen molar-refractivity contribution >= 4 is 11.8 Å². The minimum atomic E-state index is -0.753. The zero-order chi connectivity index (χ0) is 15.1. The molecule has 0 N–H and O–H groups in total. The molecule has 1 atom stereocenters. The Kier molecular flexibility index (Phi) is 6.22. The lowest BCUT2D eigenvalue weighted by atomic mass is 9.92. The second-order valence-corrected chi connectivity index (χ2v) is 4.79. The molecule has 110 valence electrons. The summed E-state index contributed by atoms with van der Waals surface area (Å²) >= 11 is 0. The Balaban J connectivity index is 3.08. The minimum absolute atomic E-state index is 0.234. The van der Waals surface area contributed by atoms with Crippen LogP contribution in [0.1, 0.15) is 42.1 Å². The molecule has 0 fully saturated rings. The van der Waals surface area contributed by atoms with E-state index in [9.17, 15) is 9.59 Å². The molecular formula is C16H22O4. The topological polar surface area (TPSA) is 52.6 Å². The molecular weight excluding hydrogens is 256 g/mol. The molecule has 4 nitrogen and oxygen atoms in total. The van der Waals surface area contributed by atoms with Crippen LogP contribution in [0.4, 0.5) is 0 Å². The predicted octanol–water partition coefficient (Wildman–Crippen LogP) is 3.17. The predicted molar refractivity (Wildman–Crippen MR) is 77.1 cm³/mol. The largest absolute Gasteiger partial charge is 0.496 e. The van der Waals surface area contributed by atoms with E-state index in [1.165, 1.54) is 14.2 Å². The van der Waals surface area contributed by atoms with Crippen molar-refractivity contribution < 1.29 is 19.1 Å². The van der Waals surface area contributed by atoms with Crippen molar-refractivity contribution in [3.63, 3.8) is 0 Å². The molecule has 0 radical (unpaired) electrons. The van der Waals surface area contributed by atoms with E-state index >= 15 is 0 Å². The number of esters is 1. The number of hydrogen-bond acceptors (Lipinski definition) is 4. The molecule has 0 aromatic heterocycles. The number of ketones is 1. The number of Topliss-reactive ketones (excluding diaryl/α,β-unsaturated/α-hetero) is 1. The third-order valence-corrected chi connectivity index (χ3v) is 3.27. The van der Waals surface area contributed by atoms with E-state index < -0.39 is 11.9 Å². The number of hydrogen-bond donors (Lipinski definition) is 0. The van der Waals surface area contributed by atoms with Crippen LogP contribution in [0.2, 0.25) is 0 Å². The Bertz CT molecular complexity index is 479. The third-order valence-electron chi connectivity index (χ3n) is 3.27. The number of carbonyl (C=O) groups is 2. The molecule has 1 unspecified atom stereocenters. The second kappa shape index (κ2) is 7.68. The van der Waals surface area contributed by atoms with Gasteiger partial charge in [-0.3, -0.25) is 9.59 Å². The summed E-state index contributed by atoms with van der Waals surface area (Å²) in [5.74, 6) is -0.967. The van der Waals surface area contributed by atoms with Crippen molar-refractivity contribution in [2.24, 2.45) is 5.92 Å². The number of ether oxygens (including phenoxy) is 2. The van der Waals surface area contributed by atoms with Crippen molar-refractivity contribution in [3.05, 3.63) is 29.3 Å². The standard InChI is InChI=1S/C16H22O4/c1-5-6-7-13(16(18)20-4)15(17)12-9-8-11(2)10-14(12)19-3/h8-10,13H,5-7H2,1-4H3. The van der Waals surface area contributed by atoms with Gasteiger partial charge < -0.3 is 9.47 Å². The maximum atomic E-state index is 12.6. The Hall–Kier alpha value is -1.84. The van der Waals surface area contributed by atoms with Crippen LogP contribution in [-0.4, -0.2) is 26.0 Å². The third kappa shape index (κ3) is 3.83. The van der Waals surface area contributed by atoms with Crippen LogP contribution in [0.25, 0.3) is 0 Å². The Morgan fingerprint density at radius 1 is 1.25 bits per heavy atom. The maximum absolute atomic E-state index is 12.6. The number of methoxy groups -OCH3 is 2. The molecule has 0 amide bonds. The van der Waals surface area contributed by atoms with E-state index in [2.05, 4.69) is 0 Å². The van der Waals surface area contributed by atoms with Crippen LogP contribution in [-0.2, 0) is 9.53 Å².